The van der Waals surface area contributed by atoms with Crippen LogP contribution < -0.4 is 0 Å². The van der Waals surface area contributed by atoms with Gasteiger partial charge in [-0.3, -0.25) is 0 Å². The summed E-state index contributed by atoms with van der Waals surface area (Å²) in [6, 6.07) is 19.3. The SMILES string of the molecule is Cc1c(-c2cc3c(-c4cccc5c4CC=C5)ccc(C)c3o2)ccc2occc12. The molecule has 0 amide bonds. The first-order valence-corrected chi connectivity index (χ1v) is 10.00. The predicted octanol–water partition coefficient (Wildman–Crippen LogP) is 7.70. The molecule has 2 heteroatoms. The molecule has 0 N–H and O–H groups in total. The van der Waals surface area contributed by atoms with Crippen LogP contribution >= 0.6 is 0 Å². The average molecular weight is 376 g/mol. The van der Waals surface area contributed by atoms with Crippen molar-refractivity contribution in [1.82, 2.24) is 0 Å². The molecule has 2 aromatic heterocycles. The standard InChI is InChI=1S/C27H20O2/c1-16-9-10-23(22-8-4-6-18-5-3-7-21(18)22)24-15-26(29-27(16)24)19-11-12-25-20(17(19)2)13-14-28-25/h3-6,8-15H,7H2,1-2H3. The fourth-order valence-electron chi connectivity index (χ4n) is 4.63. The highest BCUT2D eigenvalue weighted by molar-refractivity contribution is 6.00. The van der Waals surface area contributed by atoms with Crippen LogP contribution in [0.25, 0.3) is 50.5 Å². The van der Waals surface area contributed by atoms with Crippen molar-refractivity contribution >= 4 is 28.0 Å². The molecule has 0 saturated heterocycles. The number of hydrogen-bond acceptors (Lipinski definition) is 2. The number of rotatable bonds is 2. The lowest BCUT2D eigenvalue weighted by atomic mass is 9.93. The highest BCUT2D eigenvalue weighted by Gasteiger charge is 2.18. The number of fused-ring (bicyclic) bond motifs is 3. The Morgan fingerprint density at radius 3 is 2.66 bits per heavy atom. The molecule has 0 radical (unpaired) electrons. The highest BCUT2D eigenvalue weighted by Crippen LogP contribution is 2.41. The smallest absolute Gasteiger partial charge is 0.138 e. The van der Waals surface area contributed by atoms with Gasteiger partial charge in [-0.15, -0.1) is 0 Å². The molecule has 6 rings (SSSR count). The van der Waals surface area contributed by atoms with Crippen molar-refractivity contribution in [3.63, 3.8) is 0 Å². The average Bonchev–Trinajstić information content (AvgIpc) is 3.47. The minimum Gasteiger partial charge on any atom is -0.464 e. The first-order valence-electron chi connectivity index (χ1n) is 10.00. The monoisotopic (exact) mass is 376 g/mol. The Balaban J connectivity index is 1.60. The lowest BCUT2D eigenvalue weighted by Crippen LogP contribution is -1.89. The molecular weight excluding hydrogens is 356 g/mol. The van der Waals surface area contributed by atoms with Crippen molar-refractivity contribution in [2.45, 2.75) is 20.3 Å². The van der Waals surface area contributed by atoms with Gasteiger partial charge >= 0.3 is 0 Å². The maximum atomic E-state index is 6.43. The Bertz CT molecular complexity index is 1440. The summed E-state index contributed by atoms with van der Waals surface area (Å²) >= 11 is 0. The zero-order chi connectivity index (χ0) is 19.5. The zero-order valence-corrected chi connectivity index (χ0v) is 16.5. The minimum absolute atomic E-state index is 0.904. The number of furan rings is 2. The van der Waals surface area contributed by atoms with E-state index in [1.54, 1.807) is 6.26 Å². The summed E-state index contributed by atoms with van der Waals surface area (Å²) in [5.74, 6) is 0.904. The molecule has 0 aliphatic heterocycles. The Morgan fingerprint density at radius 1 is 0.828 bits per heavy atom. The fourth-order valence-corrected chi connectivity index (χ4v) is 4.63. The lowest BCUT2D eigenvalue weighted by molar-refractivity contribution is 0.615. The van der Waals surface area contributed by atoms with Crippen LogP contribution in [0.4, 0.5) is 0 Å². The van der Waals surface area contributed by atoms with Gasteiger partial charge in [0.25, 0.3) is 0 Å². The molecule has 0 spiro atoms. The van der Waals surface area contributed by atoms with Crippen LogP contribution in [0.5, 0.6) is 0 Å². The summed E-state index contributed by atoms with van der Waals surface area (Å²) in [4.78, 5) is 0. The quantitative estimate of drug-likeness (QED) is 0.315. The molecule has 0 atom stereocenters. The van der Waals surface area contributed by atoms with Crippen LogP contribution in [0.2, 0.25) is 0 Å². The van der Waals surface area contributed by atoms with Crippen LogP contribution in [0.15, 0.2) is 75.8 Å². The molecule has 3 aromatic carbocycles. The summed E-state index contributed by atoms with van der Waals surface area (Å²) in [7, 11) is 0. The van der Waals surface area contributed by atoms with Gasteiger partial charge in [-0.25, -0.2) is 0 Å². The van der Waals surface area contributed by atoms with Crippen LogP contribution in [-0.4, -0.2) is 0 Å². The highest BCUT2D eigenvalue weighted by atomic mass is 16.3. The summed E-state index contributed by atoms with van der Waals surface area (Å²) in [6.07, 6.45) is 7.19. The molecule has 1 aliphatic rings. The van der Waals surface area contributed by atoms with E-state index in [0.29, 0.717) is 0 Å². The summed E-state index contributed by atoms with van der Waals surface area (Å²) in [5, 5.41) is 2.30. The molecule has 2 nitrogen and oxygen atoms in total. The van der Waals surface area contributed by atoms with Crippen molar-refractivity contribution < 1.29 is 8.83 Å². The third-order valence-corrected chi connectivity index (χ3v) is 6.17. The Morgan fingerprint density at radius 2 is 1.72 bits per heavy atom. The normalized spacial score (nSPS) is 12.9. The van der Waals surface area contributed by atoms with Gasteiger partial charge in [0, 0.05) is 16.3 Å². The van der Waals surface area contributed by atoms with Gasteiger partial charge in [0.15, 0.2) is 0 Å². The predicted molar refractivity (Wildman–Crippen MR) is 119 cm³/mol. The van der Waals surface area contributed by atoms with Gasteiger partial charge in [0.2, 0.25) is 0 Å². The van der Waals surface area contributed by atoms with Gasteiger partial charge in [-0.05, 0) is 77.9 Å². The van der Waals surface area contributed by atoms with Gasteiger partial charge in [0.05, 0.1) is 6.26 Å². The van der Waals surface area contributed by atoms with E-state index >= 15 is 0 Å². The van der Waals surface area contributed by atoms with E-state index in [2.05, 4.69) is 68.5 Å². The topological polar surface area (TPSA) is 26.3 Å². The third-order valence-electron chi connectivity index (χ3n) is 6.17. The molecule has 140 valence electrons. The maximum Gasteiger partial charge on any atom is 0.138 e. The van der Waals surface area contributed by atoms with Crippen LogP contribution in [0.1, 0.15) is 22.3 Å². The van der Waals surface area contributed by atoms with Crippen molar-refractivity contribution in [1.29, 1.82) is 0 Å². The van der Waals surface area contributed by atoms with E-state index in [1.807, 2.05) is 12.1 Å². The molecule has 5 aromatic rings. The van der Waals surface area contributed by atoms with Crippen LogP contribution in [0.3, 0.4) is 0 Å². The number of allylic oxidation sites excluding steroid dienone is 1. The van der Waals surface area contributed by atoms with Gasteiger partial charge in [-0.1, -0.05) is 42.5 Å². The first-order chi connectivity index (χ1) is 14.2. The first kappa shape index (κ1) is 16.4. The second-order valence-electron chi connectivity index (χ2n) is 7.83. The van der Waals surface area contributed by atoms with Gasteiger partial charge in [0.1, 0.15) is 16.9 Å². The minimum atomic E-state index is 0.904. The number of aryl methyl sites for hydroxylation is 2. The fraction of sp³-hybridized carbons (Fsp3) is 0.111. The Hall–Kier alpha value is -3.52. The lowest BCUT2D eigenvalue weighted by Gasteiger charge is -2.10. The maximum absolute atomic E-state index is 6.43. The van der Waals surface area contributed by atoms with E-state index in [0.717, 1.165) is 39.9 Å². The molecule has 0 unspecified atom stereocenters. The zero-order valence-electron chi connectivity index (χ0n) is 16.5. The van der Waals surface area contributed by atoms with E-state index in [4.69, 9.17) is 8.83 Å². The van der Waals surface area contributed by atoms with Gasteiger partial charge < -0.3 is 8.83 Å². The molecule has 0 bridgehead atoms. The molecular formula is C27H20O2. The molecule has 2 heterocycles. The van der Waals surface area contributed by atoms with Gasteiger partial charge in [-0.2, -0.15) is 0 Å². The van der Waals surface area contributed by atoms with Crippen LogP contribution in [-0.2, 0) is 6.42 Å². The molecule has 0 saturated carbocycles. The van der Waals surface area contributed by atoms with E-state index < -0.39 is 0 Å². The number of benzene rings is 3. The third kappa shape index (κ3) is 2.35. The Kier molecular flexibility index (Phi) is 3.39. The molecule has 1 aliphatic carbocycles. The summed E-state index contributed by atoms with van der Waals surface area (Å²) in [5.41, 5.74) is 10.6. The molecule has 0 fully saturated rings. The van der Waals surface area contributed by atoms with E-state index in [9.17, 15) is 0 Å². The summed E-state index contributed by atoms with van der Waals surface area (Å²) in [6.45, 7) is 4.24. The van der Waals surface area contributed by atoms with Crippen molar-refractivity contribution in [3.8, 4) is 22.5 Å². The molecule has 29 heavy (non-hydrogen) atoms. The largest absolute Gasteiger partial charge is 0.464 e. The summed E-state index contributed by atoms with van der Waals surface area (Å²) < 4.78 is 12.0. The van der Waals surface area contributed by atoms with Crippen molar-refractivity contribution in [2.75, 3.05) is 0 Å². The van der Waals surface area contributed by atoms with Crippen molar-refractivity contribution in [2.24, 2.45) is 0 Å². The van der Waals surface area contributed by atoms with Crippen molar-refractivity contribution in [3.05, 3.63) is 89.2 Å². The van der Waals surface area contributed by atoms with Crippen LogP contribution in [0, 0.1) is 13.8 Å². The second kappa shape index (κ2) is 5.99. The number of hydrogen-bond donors (Lipinski definition) is 0. The second-order valence-corrected chi connectivity index (χ2v) is 7.83. The van der Waals surface area contributed by atoms with E-state index in [-0.39, 0.29) is 0 Å². The Labute approximate surface area is 169 Å². The van der Waals surface area contributed by atoms with E-state index in [1.165, 1.54) is 33.2 Å².